The number of likely N-dealkylation sites (tertiary alicyclic amines) is 1. The van der Waals surface area contributed by atoms with E-state index in [1.165, 1.54) is 6.92 Å². The molecule has 1 spiro atoms. The highest BCUT2D eigenvalue weighted by atomic mass is 16.6. The normalized spacial score (nSPS) is 22.9. The summed E-state index contributed by atoms with van der Waals surface area (Å²) in [6, 6.07) is 0. The summed E-state index contributed by atoms with van der Waals surface area (Å²) in [4.78, 5) is 40.6. The minimum absolute atomic E-state index is 0.00369. The van der Waals surface area contributed by atoms with Gasteiger partial charge in [0.2, 0.25) is 5.91 Å². The van der Waals surface area contributed by atoms with Crippen LogP contribution in [-0.2, 0) is 23.9 Å². The van der Waals surface area contributed by atoms with E-state index in [1.54, 1.807) is 11.8 Å². The fourth-order valence-corrected chi connectivity index (χ4v) is 4.08. The van der Waals surface area contributed by atoms with Crippen LogP contribution >= 0.6 is 0 Å². The molecule has 3 aliphatic heterocycles. The molecule has 0 radical (unpaired) electrons. The van der Waals surface area contributed by atoms with Crippen molar-refractivity contribution in [1.29, 1.82) is 0 Å². The second-order valence-electron chi connectivity index (χ2n) is 7.45. The molecule has 2 saturated heterocycles. The highest BCUT2D eigenvalue weighted by Crippen LogP contribution is 2.41. The highest BCUT2D eigenvalue weighted by Gasteiger charge is 2.50. The number of carbonyl (C=O) groups is 3. The van der Waals surface area contributed by atoms with Gasteiger partial charge in [-0.2, -0.15) is 0 Å². The summed E-state index contributed by atoms with van der Waals surface area (Å²) < 4.78 is 11.0. The Bertz CT molecular complexity index is 631. The van der Waals surface area contributed by atoms with Crippen LogP contribution in [0.3, 0.4) is 0 Å². The molecule has 0 aromatic carbocycles. The lowest BCUT2D eigenvalue weighted by Gasteiger charge is -2.39. The Morgan fingerprint density at radius 2 is 1.81 bits per heavy atom. The Kier molecular flexibility index (Phi) is 6.16. The van der Waals surface area contributed by atoms with Gasteiger partial charge in [-0.1, -0.05) is 0 Å². The zero-order chi connectivity index (χ0) is 19.4. The Balaban J connectivity index is 1.56. The summed E-state index contributed by atoms with van der Waals surface area (Å²) in [5.41, 5.74) is -0.0551. The van der Waals surface area contributed by atoms with E-state index >= 15 is 0 Å². The van der Waals surface area contributed by atoms with E-state index in [1.807, 2.05) is 0 Å². The van der Waals surface area contributed by atoms with Crippen molar-refractivity contribution >= 4 is 17.8 Å². The van der Waals surface area contributed by atoms with Gasteiger partial charge in [-0.15, -0.1) is 0 Å². The van der Waals surface area contributed by atoms with Gasteiger partial charge in [0.1, 0.15) is 5.60 Å². The topological polar surface area (TPSA) is 88.2 Å². The number of nitrogens with zero attached hydrogens (tertiary/aromatic N) is 2. The maximum absolute atomic E-state index is 12.8. The molecular weight excluding hydrogens is 350 g/mol. The third-order valence-corrected chi connectivity index (χ3v) is 5.71. The van der Waals surface area contributed by atoms with Crippen LogP contribution in [0, 0.1) is 0 Å². The van der Waals surface area contributed by atoms with Crippen LogP contribution in [0.4, 0.5) is 0 Å². The molecule has 0 unspecified atom stereocenters. The van der Waals surface area contributed by atoms with Gasteiger partial charge in [0.15, 0.2) is 0 Å². The summed E-state index contributed by atoms with van der Waals surface area (Å²) >= 11 is 0. The van der Waals surface area contributed by atoms with Gasteiger partial charge in [-0.3, -0.25) is 14.5 Å². The molecule has 0 aliphatic carbocycles. The van der Waals surface area contributed by atoms with Gasteiger partial charge in [0.05, 0.1) is 18.8 Å². The number of nitrogens with one attached hydrogen (secondary N) is 1. The Morgan fingerprint density at radius 1 is 1.15 bits per heavy atom. The first-order valence-corrected chi connectivity index (χ1v) is 9.71. The number of hydrogen-bond acceptors (Lipinski definition) is 6. The van der Waals surface area contributed by atoms with Crippen LogP contribution in [0.15, 0.2) is 11.1 Å². The number of esters is 1. The summed E-state index contributed by atoms with van der Waals surface area (Å²) in [5.74, 6) is -0.648. The number of carbonyl (C=O) groups excluding carboxylic acids is 3. The molecule has 8 heteroatoms. The van der Waals surface area contributed by atoms with Crippen molar-refractivity contribution in [2.75, 3.05) is 52.5 Å². The smallest absolute Gasteiger partial charge is 0.335 e. The third-order valence-electron chi connectivity index (χ3n) is 5.71. The number of amides is 2. The number of piperidine rings is 1. The van der Waals surface area contributed by atoms with E-state index in [2.05, 4.69) is 10.2 Å². The van der Waals surface area contributed by atoms with Crippen molar-refractivity contribution in [2.24, 2.45) is 0 Å². The average Bonchev–Trinajstić information content (AvgIpc) is 2.89. The van der Waals surface area contributed by atoms with E-state index in [-0.39, 0.29) is 11.8 Å². The second kappa shape index (κ2) is 8.39. The molecule has 2 fully saturated rings. The quantitative estimate of drug-likeness (QED) is 0.538. The standard InChI is InChI=1S/C19H29N3O5/c1-14-16(17(24)20-6-3-7-21-10-12-26-13-11-21)19(27-18(14)25)4-8-22(9-5-19)15(2)23/h3-13H2,1-2H3,(H,20,24). The molecule has 0 bridgehead atoms. The Morgan fingerprint density at radius 3 is 2.44 bits per heavy atom. The SMILES string of the molecule is CC(=O)N1CCC2(CC1)OC(=O)C(C)=C2C(=O)NCCCN1CCOCC1. The minimum atomic E-state index is -0.887. The van der Waals surface area contributed by atoms with Gasteiger partial charge in [0.25, 0.3) is 5.91 Å². The Labute approximate surface area is 159 Å². The maximum atomic E-state index is 12.8. The fraction of sp³-hybridized carbons (Fsp3) is 0.737. The second-order valence-corrected chi connectivity index (χ2v) is 7.45. The van der Waals surface area contributed by atoms with Crippen molar-refractivity contribution in [2.45, 2.75) is 38.7 Å². The monoisotopic (exact) mass is 379 g/mol. The van der Waals surface area contributed by atoms with Crippen LogP contribution < -0.4 is 5.32 Å². The molecule has 0 atom stereocenters. The molecule has 0 aromatic heterocycles. The van der Waals surface area contributed by atoms with E-state index < -0.39 is 11.6 Å². The molecular formula is C19H29N3O5. The van der Waals surface area contributed by atoms with Crippen LogP contribution in [-0.4, -0.2) is 85.7 Å². The van der Waals surface area contributed by atoms with Crippen molar-refractivity contribution < 1.29 is 23.9 Å². The average molecular weight is 379 g/mol. The van der Waals surface area contributed by atoms with Crippen LogP contribution in [0.1, 0.15) is 33.1 Å². The van der Waals surface area contributed by atoms with Gasteiger partial charge < -0.3 is 19.7 Å². The lowest BCUT2D eigenvalue weighted by Crippen LogP contribution is -2.50. The molecule has 0 saturated carbocycles. The lowest BCUT2D eigenvalue weighted by molar-refractivity contribution is -0.152. The van der Waals surface area contributed by atoms with Crippen molar-refractivity contribution in [3.05, 3.63) is 11.1 Å². The molecule has 3 rings (SSSR count). The van der Waals surface area contributed by atoms with Crippen LogP contribution in [0.5, 0.6) is 0 Å². The number of morpholine rings is 1. The van der Waals surface area contributed by atoms with Crippen molar-refractivity contribution in [1.82, 2.24) is 15.1 Å². The van der Waals surface area contributed by atoms with Crippen molar-refractivity contribution in [3.63, 3.8) is 0 Å². The van der Waals surface area contributed by atoms with Gasteiger partial charge in [-0.05, 0) is 19.9 Å². The number of ether oxygens (including phenoxy) is 2. The first kappa shape index (κ1) is 19.8. The van der Waals surface area contributed by atoms with Gasteiger partial charge >= 0.3 is 5.97 Å². The van der Waals surface area contributed by atoms with Crippen LogP contribution in [0.2, 0.25) is 0 Å². The maximum Gasteiger partial charge on any atom is 0.335 e. The molecule has 3 heterocycles. The molecule has 150 valence electrons. The number of rotatable bonds is 5. The summed E-state index contributed by atoms with van der Waals surface area (Å²) in [7, 11) is 0. The van der Waals surface area contributed by atoms with Crippen LogP contribution in [0.25, 0.3) is 0 Å². The molecule has 0 aromatic rings. The molecule has 8 nitrogen and oxygen atoms in total. The third kappa shape index (κ3) is 4.32. The lowest BCUT2D eigenvalue weighted by atomic mass is 9.82. The Hall–Kier alpha value is -1.93. The molecule has 3 aliphatic rings. The predicted octanol–water partition coefficient (Wildman–Crippen LogP) is 0.0793. The summed E-state index contributed by atoms with van der Waals surface area (Å²) in [5, 5.41) is 2.95. The molecule has 1 N–H and O–H groups in total. The van der Waals surface area contributed by atoms with Gasteiger partial charge in [0, 0.05) is 58.1 Å². The van der Waals surface area contributed by atoms with E-state index in [4.69, 9.17) is 9.47 Å². The van der Waals surface area contributed by atoms with E-state index in [0.717, 1.165) is 39.3 Å². The zero-order valence-electron chi connectivity index (χ0n) is 16.2. The summed E-state index contributed by atoms with van der Waals surface area (Å²) in [6.07, 6.45) is 1.77. The predicted molar refractivity (Wildman–Crippen MR) is 97.9 cm³/mol. The molecule has 2 amide bonds. The van der Waals surface area contributed by atoms with E-state index in [0.29, 0.717) is 43.6 Å². The largest absolute Gasteiger partial charge is 0.450 e. The van der Waals surface area contributed by atoms with Gasteiger partial charge in [-0.25, -0.2) is 4.79 Å². The fourth-order valence-electron chi connectivity index (χ4n) is 4.08. The van der Waals surface area contributed by atoms with E-state index in [9.17, 15) is 14.4 Å². The minimum Gasteiger partial charge on any atom is -0.450 e. The number of hydrogen-bond donors (Lipinski definition) is 1. The summed E-state index contributed by atoms with van der Waals surface area (Å²) in [6.45, 7) is 9.00. The zero-order valence-corrected chi connectivity index (χ0v) is 16.2. The molecule has 27 heavy (non-hydrogen) atoms. The highest BCUT2D eigenvalue weighted by molar-refractivity contribution is 6.07. The first-order chi connectivity index (χ1) is 12.9. The first-order valence-electron chi connectivity index (χ1n) is 9.71. The van der Waals surface area contributed by atoms with Crippen molar-refractivity contribution in [3.8, 4) is 0 Å².